The monoisotopic (exact) mass is 242 g/mol. The largest absolute Gasteiger partial charge is 0.465 e. The lowest BCUT2D eigenvalue weighted by molar-refractivity contribution is -0.142. The van der Waals surface area contributed by atoms with Crippen LogP contribution in [0.2, 0.25) is 0 Å². The van der Waals surface area contributed by atoms with Crippen molar-refractivity contribution in [1.29, 1.82) is 0 Å². The summed E-state index contributed by atoms with van der Waals surface area (Å²) in [5.74, 6) is -0.525. The number of carbonyl (C=O) groups is 1. The molecule has 0 saturated heterocycles. The molecule has 2 nitrogen and oxygen atoms in total. The molecule has 88 valence electrons. The summed E-state index contributed by atoms with van der Waals surface area (Å²) in [5.41, 5.74) is 0. The molecule has 1 aromatic carbocycles. The van der Waals surface area contributed by atoms with Gasteiger partial charge in [-0.15, -0.1) is 11.8 Å². The fraction of sp³-hybridized carbons (Fsp3) is 0.417. The first-order chi connectivity index (χ1) is 7.67. The van der Waals surface area contributed by atoms with Gasteiger partial charge in [-0.05, 0) is 31.5 Å². The van der Waals surface area contributed by atoms with Gasteiger partial charge in [-0.2, -0.15) is 0 Å². The van der Waals surface area contributed by atoms with Crippen LogP contribution in [0.1, 0.15) is 20.3 Å². The topological polar surface area (TPSA) is 26.3 Å². The van der Waals surface area contributed by atoms with Crippen LogP contribution in [0.4, 0.5) is 4.39 Å². The molecule has 0 N–H and O–H groups in total. The van der Waals surface area contributed by atoms with E-state index in [2.05, 4.69) is 0 Å². The summed E-state index contributed by atoms with van der Waals surface area (Å²) in [6, 6.07) is 6.23. The Morgan fingerprint density at radius 2 is 2.25 bits per heavy atom. The van der Waals surface area contributed by atoms with Gasteiger partial charge in [-0.3, -0.25) is 4.79 Å². The molecule has 0 aromatic heterocycles. The average molecular weight is 242 g/mol. The Morgan fingerprint density at radius 3 is 2.81 bits per heavy atom. The minimum absolute atomic E-state index is 0.237. The molecule has 0 saturated carbocycles. The van der Waals surface area contributed by atoms with Gasteiger partial charge in [0.05, 0.1) is 6.61 Å². The van der Waals surface area contributed by atoms with Crippen molar-refractivity contribution in [3.63, 3.8) is 0 Å². The lowest BCUT2D eigenvalue weighted by Crippen LogP contribution is -2.19. The van der Waals surface area contributed by atoms with Crippen molar-refractivity contribution in [1.82, 2.24) is 0 Å². The predicted molar refractivity (Wildman–Crippen MR) is 63.0 cm³/mol. The summed E-state index contributed by atoms with van der Waals surface area (Å²) in [5, 5.41) is -0.262. The fourth-order valence-electron chi connectivity index (χ4n) is 1.24. The normalized spacial score (nSPS) is 12.2. The van der Waals surface area contributed by atoms with Crippen molar-refractivity contribution in [3.05, 3.63) is 30.1 Å². The van der Waals surface area contributed by atoms with Gasteiger partial charge in [0.25, 0.3) is 0 Å². The summed E-state index contributed by atoms with van der Waals surface area (Å²) in [7, 11) is 0. The van der Waals surface area contributed by atoms with Gasteiger partial charge in [-0.1, -0.05) is 13.0 Å². The zero-order chi connectivity index (χ0) is 12.0. The molecule has 16 heavy (non-hydrogen) atoms. The van der Waals surface area contributed by atoms with E-state index in [1.807, 2.05) is 6.92 Å². The maximum absolute atomic E-state index is 12.9. The van der Waals surface area contributed by atoms with E-state index >= 15 is 0 Å². The van der Waals surface area contributed by atoms with Crippen molar-refractivity contribution in [2.24, 2.45) is 0 Å². The van der Waals surface area contributed by atoms with E-state index < -0.39 is 0 Å². The van der Waals surface area contributed by atoms with Crippen molar-refractivity contribution in [2.75, 3.05) is 6.61 Å². The summed E-state index contributed by atoms with van der Waals surface area (Å²) in [6.45, 7) is 4.06. The SMILES string of the molecule is CCOC(=O)C(CC)Sc1cccc(F)c1. The predicted octanol–water partition coefficient (Wildman–Crippen LogP) is 3.26. The van der Waals surface area contributed by atoms with Crippen molar-refractivity contribution in [3.8, 4) is 0 Å². The van der Waals surface area contributed by atoms with Crippen molar-refractivity contribution >= 4 is 17.7 Å². The summed E-state index contributed by atoms with van der Waals surface area (Å²) in [6.07, 6.45) is 0.667. The zero-order valence-corrected chi connectivity index (χ0v) is 10.2. The quantitative estimate of drug-likeness (QED) is 0.585. The Hall–Kier alpha value is -1.03. The molecule has 1 unspecified atom stereocenters. The smallest absolute Gasteiger partial charge is 0.319 e. The van der Waals surface area contributed by atoms with Gasteiger partial charge in [-0.25, -0.2) is 4.39 Å². The van der Waals surface area contributed by atoms with Crippen LogP contribution in [0, 0.1) is 5.82 Å². The Bertz CT molecular complexity index is 355. The van der Waals surface area contributed by atoms with E-state index in [1.165, 1.54) is 23.9 Å². The first-order valence-electron chi connectivity index (χ1n) is 5.26. The van der Waals surface area contributed by atoms with E-state index in [-0.39, 0.29) is 17.0 Å². The van der Waals surface area contributed by atoms with Crippen LogP contribution >= 0.6 is 11.8 Å². The maximum Gasteiger partial charge on any atom is 0.319 e. The van der Waals surface area contributed by atoms with E-state index in [4.69, 9.17) is 4.74 Å². The van der Waals surface area contributed by atoms with E-state index in [9.17, 15) is 9.18 Å². The molecule has 0 radical (unpaired) electrons. The third-order valence-electron chi connectivity index (χ3n) is 1.99. The fourth-order valence-corrected chi connectivity index (χ4v) is 2.24. The Kier molecular flexibility index (Phi) is 5.32. The van der Waals surface area contributed by atoms with Crippen LogP contribution < -0.4 is 0 Å². The Labute approximate surface area is 99.2 Å². The highest BCUT2D eigenvalue weighted by atomic mass is 32.2. The maximum atomic E-state index is 12.9. The molecule has 1 aromatic rings. The third kappa shape index (κ3) is 3.85. The molecule has 0 amide bonds. The van der Waals surface area contributed by atoms with Crippen LogP contribution in [-0.2, 0) is 9.53 Å². The highest BCUT2D eigenvalue weighted by Crippen LogP contribution is 2.26. The Balaban J connectivity index is 2.66. The van der Waals surface area contributed by atoms with Crippen molar-refractivity contribution in [2.45, 2.75) is 30.4 Å². The third-order valence-corrected chi connectivity index (χ3v) is 3.33. The number of thioether (sulfide) groups is 1. The zero-order valence-electron chi connectivity index (χ0n) is 9.40. The van der Waals surface area contributed by atoms with Gasteiger partial charge in [0.15, 0.2) is 0 Å². The average Bonchev–Trinajstić information content (AvgIpc) is 2.26. The second kappa shape index (κ2) is 6.53. The number of carbonyl (C=O) groups excluding carboxylic acids is 1. The van der Waals surface area contributed by atoms with E-state index in [0.717, 1.165) is 4.90 Å². The molecule has 0 fully saturated rings. The second-order valence-corrected chi connectivity index (χ2v) is 4.50. The van der Waals surface area contributed by atoms with Crippen molar-refractivity contribution < 1.29 is 13.9 Å². The van der Waals surface area contributed by atoms with E-state index in [1.54, 1.807) is 19.1 Å². The molecular weight excluding hydrogens is 227 g/mol. The van der Waals surface area contributed by atoms with Crippen LogP contribution in [0.25, 0.3) is 0 Å². The van der Waals surface area contributed by atoms with Gasteiger partial charge >= 0.3 is 5.97 Å². The number of ether oxygens (including phenoxy) is 1. The standard InChI is InChI=1S/C12H15FO2S/c1-3-11(12(14)15-4-2)16-10-7-5-6-9(13)8-10/h5-8,11H,3-4H2,1-2H3. The lowest BCUT2D eigenvalue weighted by atomic mass is 10.3. The number of esters is 1. The molecule has 1 atom stereocenters. The van der Waals surface area contributed by atoms with Crippen LogP contribution in [0.15, 0.2) is 29.2 Å². The summed E-state index contributed by atoms with van der Waals surface area (Å²) >= 11 is 1.34. The minimum Gasteiger partial charge on any atom is -0.465 e. The van der Waals surface area contributed by atoms with Gasteiger partial charge < -0.3 is 4.74 Å². The number of hydrogen-bond donors (Lipinski definition) is 0. The summed E-state index contributed by atoms with van der Waals surface area (Å²) < 4.78 is 17.9. The van der Waals surface area contributed by atoms with Crippen LogP contribution in [-0.4, -0.2) is 17.8 Å². The van der Waals surface area contributed by atoms with Gasteiger partial charge in [0.1, 0.15) is 11.1 Å². The van der Waals surface area contributed by atoms with E-state index in [0.29, 0.717) is 13.0 Å². The number of rotatable bonds is 5. The molecule has 4 heteroatoms. The molecule has 0 aliphatic heterocycles. The number of halogens is 1. The minimum atomic E-state index is -0.288. The van der Waals surface area contributed by atoms with Gasteiger partial charge in [0.2, 0.25) is 0 Å². The molecule has 0 aliphatic rings. The lowest BCUT2D eigenvalue weighted by Gasteiger charge is -2.12. The van der Waals surface area contributed by atoms with Crippen LogP contribution in [0.3, 0.4) is 0 Å². The molecular formula is C12H15FO2S. The summed E-state index contributed by atoms with van der Waals surface area (Å²) in [4.78, 5) is 12.3. The highest BCUT2D eigenvalue weighted by molar-refractivity contribution is 8.00. The first kappa shape index (κ1) is 13.0. The molecule has 0 aliphatic carbocycles. The van der Waals surface area contributed by atoms with Crippen LogP contribution in [0.5, 0.6) is 0 Å². The molecule has 0 bridgehead atoms. The number of hydrogen-bond acceptors (Lipinski definition) is 3. The second-order valence-electron chi connectivity index (χ2n) is 3.22. The molecule has 0 heterocycles. The molecule has 0 spiro atoms. The highest BCUT2D eigenvalue weighted by Gasteiger charge is 2.18. The first-order valence-corrected chi connectivity index (χ1v) is 6.14. The van der Waals surface area contributed by atoms with Gasteiger partial charge in [0, 0.05) is 4.90 Å². The Morgan fingerprint density at radius 1 is 1.50 bits per heavy atom. The molecule has 1 rings (SSSR count). The number of benzene rings is 1.